The van der Waals surface area contributed by atoms with E-state index in [1.165, 1.54) is 0 Å². The SMILES string of the molecule is C#CCN(c1ccc(NS(=O)(=O)c2c(C)cc(C)cc2C)c2c1CCC2)[C@@H](C)CC(=O)O. The Bertz CT molecular complexity index is 1170. The lowest BCUT2D eigenvalue weighted by atomic mass is 10.0. The largest absolute Gasteiger partial charge is 0.481 e. The van der Waals surface area contributed by atoms with E-state index < -0.39 is 16.0 Å². The molecule has 170 valence electrons. The molecular weight excluding hydrogens is 424 g/mol. The highest BCUT2D eigenvalue weighted by Crippen LogP contribution is 2.38. The lowest BCUT2D eigenvalue weighted by Crippen LogP contribution is -2.36. The Morgan fingerprint density at radius 3 is 2.41 bits per heavy atom. The summed E-state index contributed by atoms with van der Waals surface area (Å²) in [6.45, 7) is 7.69. The molecular formula is C25H30N2O4S. The number of hydrogen-bond acceptors (Lipinski definition) is 4. The molecule has 0 saturated carbocycles. The van der Waals surface area contributed by atoms with Crippen LogP contribution in [0.5, 0.6) is 0 Å². The normalized spacial score (nSPS) is 13.8. The number of nitrogens with zero attached hydrogens (tertiary/aromatic N) is 1. The molecule has 2 N–H and O–H groups in total. The fourth-order valence-corrected chi connectivity index (χ4v) is 6.33. The van der Waals surface area contributed by atoms with Crippen molar-refractivity contribution in [1.82, 2.24) is 0 Å². The summed E-state index contributed by atoms with van der Waals surface area (Å²) in [5, 5.41) is 9.23. The third kappa shape index (κ3) is 4.76. The molecule has 0 fully saturated rings. The maximum Gasteiger partial charge on any atom is 0.305 e. The molecule has 1 atom stereocenters. The van der Waals surface area contributed by atoms with Crippen molar-refractivity contribution in [1.29, 1.82) is 0 Å². The molecule has 1 aliphatic carbocycles. The quantitative estimate of drug-likeness (QED) is 0.584. The number of sulfonamides is 1. The molecule has 3 rings (SSSR count). The summed E-state index contributed by atoms with van der Waals surface area (Å²) in [6, 6.07) is 7.08. The van der Waals surface area contributed by atoms with Crippen LogP contribution in [0.2, 0.25) is 0 Å². The summed E-state index contributed by atoms with van der Waals surface area (Å²) >= 11 is 0. The van der Waals surface area contributed by atoms with Gasteiger partial charge in [-0.2, -0.15) is 0 Å². The predicted octanol–water partition coefficient (Wildman–Crippen LogP) is 4.20. The lowest BCUT2D eigenvalue weighted by molar-refractivity contribution is -0.137. The first-order valence-corrected chi connectivity index (χ1v) is 12.2. The Kier molecular flexibility index (Phi) is 6.85. The predicted molar refractivity (Wildman–Crippen MR) is 128 cm³/mol. The number of hydrogen-bond donors (Lipinski definition) is 2. The van der Waals surface area contributed by atoms with Crippen molar-refractivity contribution in [3.8, 4) is 12.3 Å². The summed E-state index contributed by atoms with van der Waals surface area (Å²) in [7, 11) is -3.76. The third-order valence-corrected chi connectivity index (χ3v) is 7.62. The number of rotatable bonds is 8. The summed E-state index contributed by atoms with van der Waals surface area (Å²) < 4.78 is 29.4. The van der Waals surface area contributed by atoms with Gasteiger partial charge < -0.3 is 10.0 Å². The van der Waals surface area contributed by atoms with Crippen LogP contribution in [0.15, 0.2) is 29.2 Å². The van der Waals surface area contributed by atoms with Gasteiger partial charge in [0.25, 0.3) is 10.0 Å². The van der Waals surface area contributed by atoms with Crippen LogP contribution in [0.4, 0.5) is 11.4 Å². The fourth-order valence-electron chi connectivity index (χ4n) is 4.78. The number of nitrogens with one attached hydrogen (secondary N) is 1. The zero-order valence-corrected chi connectivity index (χ0v) is 19.8. The van der Waals surface area contributed by atoms with E-state index >= 15 is 0 Å². The highest BCUT2D eigenvalue weighted by molar-refractivity contribution is 7.92. The van der Waals surface area contributed by atoms with Crippen LogP contribution in [-0.4, -0.2) is 32.1 Å². The molecule has 2 aromatic carbocycles. The number of aliphatic carboxylic acids is 1. The summed E-state index contributed by atoms with van der Waals surface area (Å²) in [5.74, 6) is 1.74. The number of aryl methyl sites for hydroxylation is 3. The van der Waals surface area contributed by atoms with Crippen molar-refractivity contribution in [2.75, 3.05) is 16.2 Å². The van der Waals surface area contributed by atoms with E-state index in [1.807, 2.05) is 50.8 Å². The molecule has 2 aromatic rings. The molecule has 0 aliphatic heterocycles. The lowest BCUT2D eigenvalue weighted by Gasteiger charge is -2.31. The zero-order chi connectivity index (χ0) is 23.6. The first-order valence-electron chi connectivity index (χ1n) is 10.7. The monoisotopic (exact) mass is 454 g/mol. The van der Waals surface area contributed by atoms with E-state index in [-0.39, 0.29) is 19.0 Å². The van der Waals surface area contributed by atoms with Crippen molar-refractivity contribution >= 4 is 27.4 Å². The summed E-state index contributed by atoms with van der Waals surface area (Å²) in [5.41, 5.74) is 5.90. The summed E-state index contributed by atoms with van der Waals surface area (Å²) in [4.78, 5) is 13.5. The molecule has 0 bridgehead atoms. The first-order chi connectivity index (χ1) is 15.0. The van der Waals surface area contributed by atoms with Gasteiger partial charge in [0.15, 0.2) is 0 Å². The molecule has 32 heavy (non-hydrogen) atoms. The van der Waals surface area contributed by atoms with Crippen molar-refractivity contribution < 1.29 is 18.3 Å². The molecule has 0 unspecified atom stereocenters. The first kappa shape index (κ1) is 23.7. The Balaban J connectivity index is 2.02. The van der Waals surface area contributed by atoms with Crippen LogP contribution in [0.25, 0.3) is 0 Å². The molecule has 1 aliphatic rings. The minimum absolute atomic E-state index is 0.0309. The molecule has 6 nitrogen and oxygen atoms in total. The Morgan fingerprint density at radius 2 is 1.81 bits per heavy atom. The number of benzene rings is 2. The van der Waals surface area contributed by atoms with E-state index in [2.05, 4.69) is 10.6 Å². The Morgan fingerprint density at radius 1 is 1.19 bits per heavy atom. The van der Waals surface area contributed by atoms with Crippen LogP contribution in [0, 0.1) is 33.1 Å². The zero-order valence-electron chi connectivity index (χ0n) is 19.0. The number of anilines is 2. The summed E-state index contributed by atoms with van der Waals surface area (Å²) in [6.07, 6.45) is 7.99. The maximum absolute atomic E-state index is 13.3. The van der Waals surface area contributed by atoms with Crippen molar-refractivity contribution in [3.05, 3.63) is 52.1 Å². The third-order valence-electron chi connectivity index (χ3n) is 5.95. The van der Waals surface area contributed by atoms with E-state index in [0.717, 1.165) is 41.6 Å². The van der Waals surface area contributed by atoms with Gasteiger partial charge in [0.2, 0.25) is 0 Å². The van der Waals surface area contributed by atoms with Crippen LogP contribution < -0.4 is 9.62 Å². The maximum atomic E-state index is 13.3. The number of carboxylic acids is 1. The van der Waals surface area contributed by atoms with Crippen molar-refractivity contribution in [3.63, 3.8) is 0 Å². The second-order valence-electron chi connectivity index (χ2n) is 8.56. The Hall–Kier alpha value is -2.98. The molecule has 0 heterocycles. The Labute approximate surface area is 190 Å². The number of fused-ring (bicyclic) bond motifs is 1. The molecule has 0 radical (unpaired) electrons. The van der Waals surface area contributed by atoms with Gasteiger partial charge >= 0.3 is 5.97 Å². The number of terminal acetylenes is 1. The number of carbonyl (C=O) groups is 1. The van der Waals surface area contributed by atoms with Gasteiger partial charge in [-0.25, -0.2) is 8.42 Å². The minimum atomic E-state index is -3.76. The van der Waals surface area contributed by atoms with Crippen molar-refractivity contribution in [2.45, 2.75) is 64.3 Å². The van der Waals surface area contributed by atoms with Crippen LogP contribution >= 0.6 is 0 Å². The average Bonchev–Trinajstić information content (AvgIpc) is 3.15. The highest BCUT2D eigenvalue weighted by Gasteiger charge is 2.27. The molecule has 0 spiro atoms. The van der Waals surface area contributed by atoms with E-state index in [9.17, 15) is 18.3 Å². The van der Waals surface area contributed by atoms with E-state index in [1.54, 1.807) is 6.07 Å². The van der Waals surface area contributed by atoms with Gasteiger partial charge in [-0.05, 0) is 81.3 Å². The minimum Gasteiger partial charge on any atom is -0.481 e. The molecule has 0 saturated heterocycles. The van der Waals surface area contributed by atoms with Gasteiger partial charge in [-0.15, -0.1) is 6.42 Å². The van der Waals surface area contributed by atoms with Gasteiger partial charge in [0.1, 0.15) is 0 Å². The molecule has 0 amide bonds. The second kappa shape index (κ2) is 9.25. The van der Waals surface area contributed by atoms with Gasteiger partial charge in [-0.3, -0.25) is 9.52 Å². The standard InChI is InChI=1S/C25H30N2O4S/c1-6-12-27(19(5)15-24(28)29)23-11-10-22(20-8-7-9-21(20)23)26-32(30,31)25-17(3)13-16(2)14-18(25)4/h1,10-11,13-14,19,26H,7-9,12,15H2,2-5H3,(H,28,29)/t19-/m0/s1. The number of carboxylic acid groups (broad SMARTS) is 1. The topological polar surface area (TPSA) is 86.7 Å². The van der Waals surface area contributed by atoms with E-state index in [0.29, 0.717) is 21.7 Å². The fraction of sp³-hybridized carbons (Fsp3) is 0.400. The van der Waals surface area contributed by atoms with Gasteiger partial charge in [0.05, 0.1) is 23.5 Å². The van der Waals surface area contributed by atoms with Crippen LogP contribution in [-0.2, 0) is 27.7 Å². The molecule has 7 heteroatoms. The average molecular weight is 455 g/mol. The highest BCUT2D eigenvalue weighted by atomic mass is 32.2. The molecule has 0 aromatic heterocycles. The van der Waals surface area contributed by atoms with Gasteiger partial charge in [0, 0.05) is 11.7 Å². The van der Waals surface area contributed by atoms with Crippen LogP contribution in [0.3, 0.4) is 0 Å². The smallest absolute Gasteiger partial charge is 0.305 e. The second-order valence-corrected chi connectivity index (χ2v) is 10.2. The van der Waals surface area contributed by atoms with Gasteiger partial charge in [-0.1, -0.05) is 23.6 Å². The van der Waals surface area contributed by atoms with Crippen molar-refractivity contribution in [2.24, 2.45) is 0 Å². The van der Waals surface area contributed by atoms with E-state index in [4.69, 9.17) is 6.42 Å². The van der Waals surface area contributed by atoms with Crippen LogP contribution in [0.1, 0.15) is 47.6 Å².